The van der Waals surface area contributed by atoms with Crippen molar-refractivity contribution >= 4 is 32.6 Å². The van der Waals surface area contributed by atoms with Crippen molar-refractivity contribution in [2.45, 2.75) is 11.3 Å². The zero-order valence-corrected chi connectivity index (χ0v) is 16.9. The van der Waals surface area contributed by atoms with Crippen molar-refractivity contribution in [3.63, 3.8) is 0 Å². The van der Waals surface area contributed by atoms with Gasteiger partial charge in [-0.2, -0.15) is 0 Å². The Labute approximate surface area is 169 Å². The van der Waals surface area contributed by atoms with E-state index in [4.69, 9.17) is 0 Å². The molecule has 0 spiro atoms. The van der Waals surface area contributed by atoms with Crippen LogP contribution < -0.4 is 10.9 Å². The maximum absolute atomic E-state index is 12.3. The van der Waals surface area contributed by atoms with Gasteiger partial charge in [-0.15, -0.1) is 0 Å². The Morgan fingerprint density at radius 2 is 1.59 bits per heavy atom. The highest BCUT2D eigenvalue weighted by atomic mass is 32.2. The second-order valence-corrected chi connectivity index (χ2v) is 8.83. The van der Waals surface area contributed by atoms with Gasteiger partial charge in [0.1, 0.15) is 0 Å². The van der Waals surface area contributed by atoms with Gasteiger partial charge in [-0.3, -0.25) is 20.4 Å². The molecule has 0 atom stereocenters. The van der Waals surface area contributed by atoms with Gasteiger partial charge >= 0.3 is 0 Å². The van der Waals surface area contributed by atoms with Gasteiger partial charge in [0.05, 0.1) is 11.3 Å². The van der Waals surface area contributed by atoms with Crippen molar-refractivity contribution in [1.29, 1.82) is 0 Å². The fourth-order valence-electron chi connectivity index (χ4n) is 2.79. The first kappa shape index (κ1) is 20.5. The normalized spacial score (nSPS) is 11.4. The molecule has 29 heavy (non-hydrogen) atoms. The average Bonchev–Trinajstić information content (AvgIpc) is 2.72. The summed E-state index contributed by atoms with van der Waals surface area (Å²) in [5.74, 6) is -0.988. The Hall–Kier alpha value is -3.23. The molecule has 3 aromatic carbocycles. The zero-order valence-electron chi connectivity index (χ0n) is 16.0. The van der Waals surface area contributed by atoms with Crippen LogP contribution in [0.3, 0.4) is 0 Å². The smallest absolute Gasteiger partial charge is 0.269 e. The molecule has 0 saturated carbocycles. The second-order valence-electron chi connectivity index (χ2n) is 6.68. The SMILES string of the molecule is CN(C)S(=O)(=O)c1cccc(C(=O)NNC(=O)Cc2ccc3ccccc3c2)c1. The lowest BCUT2D eigenvalue weighted by molar-refractivity contribution is -0.121. The summed E-state index contributed by atoms with van der Waals surface area (Å²) in [7, 11) is -0.833. The minimum atomic E-state index is -3.66. The summed E-state index contributed by atoms with van der Waals surface area (Å²) in [4.78, 5) is 24.5. The van der Waals surface area contributed by atoms with Crippen LogP contribution in [0, 0.1) is 0 Å². The van der Waals surface area contributed by atoms with Gasteiger partial charge in [0.15, 0.2) is 0 Å². The summed E-state index contributed by atoms with van der Waals surface area (Å²) in [6, 6.07) is 19.2. The second kappa shape index (κ2) is 8.42. The molecule has 3 aromatic rings. The first-order chi connectivity index (χ1) is 13.8. The molecule has 2 N–H and O–H groups in total. The number of rotatable bonds is 5. The van der Waals surface area contributed by atoms with Gasteiger partial charge in [-0.05, 0) is 34.5 Å². The number of hydrogen-bond acceptors (Lipinski definition) is 4. The van der Waals surface area contributed by atoms with Crippen molar-refractivity contribution in [2.24, 2.45) is 0 Å². The molecule has 0 aliphatic heterocycles. The van der Waals surface area contributed by atoms with E-state index in [1.807, 2.05) is 42.5 Å². The number of sulfonamides is 1. The summed E-state index contributed by atoms with van der Waals surface area (Å²) in [5, 5.41) is 2.11. The van der Waals surface area contributed by atoms with E-state index < -0.39 is 15.9 Å². The number of benzene rings is 3. The first-order valence-electron chi connectivity index (χ1n) is 8.87. The summed E-state index contributed by atoms with van der Waals surface area (Å²) >= 11 is 0. The van der Waals surface area contributed by atoms with Gasteiger partial charge < -0.3 is 0 Å². The van der Waals surface area contributed by atoms with Gasteiger partial charge in [-0.1, -0.05) is 48.5 Å². The Morgan fingerprint density at radius 3 is 2.31 bits per heavy atom. The standard InChI is InChI=1S/C21H21N3O4S/c1-24(2)29(27,28)19-9-5-8-18(14-19)21(26)23-22-20(25)13-15-10-11-16-6-3-4-7-17(16)12-15/h3-12,14H,13H2,1-2H3,(H,22,25)(H,23,26). The van der Waals surface area contributed by atoms with E-state index in [-0.39, 0.29) is 22.8 Å². The van der Waals surface area contributed by atoms with Gasteiger partial charge in [0.25, 0.3) is 5.91 Å². The third-order valence-corrected chi connectivity index (χ3v) is 6.18. The maximum Gasteiger partial charge on any atom is 0.269 e. The number of carbonyl (C=O) groups is 2. The molecule has 0 aromatic heterocycles. The number of carbonyl (C=O) groups excluding carboxylic acids is 2. The van der Waals surface area contributed by atoms with E-state index in [2.05, 4.69) is 10.9 Å². The van der Waals surface area contributed by atoms with E-state index in [1.165, 1.54) is 38.4 Å². The summed E-state index contributed by atoms with van der Waals surface area (Å²) in [6.45, 7) is 0. The Balaban J connectivity index is 1.63. The van der Waals surface area contributed by atoms with Crippen molar-refractivity contribution in [2.75, 3.05) is 14.1 Å². The number of amides is 2. The third-order valence-electron chi connectivity index (χ3n) is 4.37. The Bertz CT molecular complexity index is 1170. The van der Waals surface area contributed by atoms with E-state index in [0.29, 0.717) is 0 Å². The lowest BCUT2D eigenvalue weighted by Gasteiger charge is -2.12. The summed E-state index contributed by atoms with van der Waals surface area (Å²) in [6.07, 6.45) is 0.0974. The van der Waals surface area contributed by atoms with Crippen LogP contribution in [-0.4, -0.2) is 38.6 Å². The molecule has 8 heteroatoms. The lowest BCUT2D eigenvalue weighted by atomic mass is 10.1. The predicted molar refractivity (Wildman–Crippen MR) is 111 cm³/mol. The summed E-state index contributed by atoms with van der Waals surface area (Å²) in [5.41, 5.74) is 5.62. The lowest BCUT2D eigenvalue weighted by Crippen LogP contribution is -2.42. The van der Waals surface area contributed by atoms with Gasteiger partial charge in [0.2, 0.25) is 15.9 Å². The molecule has 7 nitrogen and oxygen atoms in total. The molecule has 0 saturated heterocycles. The highest BCUT2D eigenvalue weighted by Gasteiger charge is 2.19. The number of hydrazine groups is 1. The van der Waals surface area contributed by atoms with Crippen LogP contribution >= 0.6 is 0 Å². The number of fused-ring (bicyclic) bond motifs is 1. The Kier molecular flexibility index (Phi) is 5.95. The Morgan fingerprint density at radius 1 is 0.862 bits per heavy atom. The van der Waals surface area contributed by atoms with Gasteiger partial charge in [0, 0.05) is 19.7 Å². The van der Waals surface area contributed by atoms with E-state index in [0.717, 1.165) is 20.6 Å². The number of nitrogens with one attached hydrogen (secondary N) is 2. The van der Waals surface area contributed by atoms with E-state index >= 15 is 0 Å². The van der Waals surface area contributed by atoms with Crippen molar-refractivity contribution < 1.29 is 18.0 Å². The zero-order chi connectivity index (χ0) is 21.0. The highest BCUT2D eigenvalue weighted by Crippen LogP contribution is 2.16. The van der Waals surface area contributed by atoms with Crippen molar-refractivity contribution in [3.8, 4) is 0 Å². The number of nitrogens with zero attached hydrogens (tertiary/aromatic N) is 1. The quantitative estimate of drug-likeness (QED) is 0.629. The predicted octanol–water partition coefficient (Wildman–Crippen LogP) is 2.09. The molecule has 0 heterocycles. The summed E-state index contributed by atoms with van der Waals surface area (Å²) < 4.78 is 25.5. The molecular formula is C21H21N3O4S. The fourth-order valence-corrected chi connectivity index (χ4v) is 3.73. The molecule has 0 aliphatic carbocycles. The number of hydrogen-bond donors (Lipinski definition) is 2. The molecule has 0 aliphatic rings. The van der Waals surface area contributed by atoms with Crippen LogP contribution in [0.1, 0.15) is 15.9 Å². The molecule has 150 valence electrons. The first-order valence-corrected chi connectivity index (χ1v) is 10.3. The highest BCUT2D eigenvalue weighted by molar-refractivity contribution is 7.89. The molecule has 0 bridgehead atoms. The van der Waals surface area contributed by atoms with Crippen LogP contribution in [0.15, 0.2) is 71.6 Å². The largest absolute Gasteiger partial charge is 0.273 e. The van der Waals surface area contributed by atoms with E-state index in [9.17, 15) is 18.0 Å². The fraction of sp³-hybridized carbons (Fsp3) is 0.143. The minimum Gasteiger partial charge on any atom is -0.273 e. The van der Waals surface area contributed by atoms with Crippen LogP contribution in [0.25, 0.3) is 10.8 Å². The maximum atomic E-state index is 12.3. The van der Waals surface area contributed by atoms with Gasteiger partial charge in [-0.25, -0.2) is 12.7 Å². The van der Waals surface area contributed by atoms with Crippen molar-refractivity contribution in [1.82, 2.24) is 15.2 Å². The molecular weight excluding hydrogens is 390 g/mol. The third kappa shape index (κ3) is 4.79. The van der Waals surface area contributed by atoms with Crippen LogP contribution in [0.5, 0.6) is 0 Å². The molecule has 0 radical (unpaired) electrons. The van der Waals surface area contributed by atoms with Crippen LogP contribution in [-0.2, 0) is 21.2 Å². The molecule has 2 amide bonds. The van der Waals surface area contributed by atoms with E-state index in [1.54, 1.807) is 0 Å². The van der Waals surface area contributed by atoms with Crippen molar-refractivity contribution in [3.05, 3.63) is 77.9 Å². The topological polar surface area (TPSA) is 95.6 Å². The molecule has 3 rings (SSSR count). The van der Waals surface area contributed by atoms with Crippen LogP contribution in [0.2, 0.25) is 0 Å². The molecule has 0 unspecified atom stereocenters. The molecule has 0 fully saturated rings. The average molecular weight is 411 g/mol. The minimum absolute atomic E-state index is 0.00218. The monoisotopic (exact) mass is 411 g/mol. The van der Waals surface area contributed by atoms with Crippen LogP contribution in [0.4, 0.5) is 0 Å².